The summed E-state index contributed by atoms with van der Waals surface area (Å²) < 4.78 is 0. The number of rotatable bonds is 1. The normalized spacial score (nSPS) is 13.9. The van der Waals surface area contributed by atoms with E-state index >= 15 is 0 Å². The van der Waals surface area contributed by atoms with Crippen molar-refractivity contribution >= 4 is 12.2 Å². The minimum Gasteiger partial charge on any atom is -0.359 e. The van der Waals surface area contributed by atoms with Crippen LogP contribution in [0.2, 0.25) is 0 Å². The van der Waals surface area contributed by atoms with Crippen LogP contribution >= 0.6 is 0 Å². The molecule has 2 heteroatoms. The maximum Gasteiger partial charge on any atom is 0.0405 e. The topological polar surface area (TPSA) is 31.6 Å². The molecule has 0 bridgehead atoms. The van der Waals surface area contributed by atoms with Crippen LogP contribution in [-0.4, -0.2) is 9.97 Å². The lowest BCUT2D eigenvalue weighted by atomic mass is 10.4. The highest BCUT2D eigenvalue weighted by molar-refractivity contribution is 5.44. The van der Waals surface area contributed by atoms with Crippen molar-refractivity contribution in [3.8, 4) is 0 Å². The summed E-state index contributed by atoms with van der Waals surface area (Å²) in [5.74, 6) is 0. The molecular formula is C12H14N2. The van der Waals surface area contributed by atoms with Crippen molar-refractivity contribution in [3.05, 3.63) is 46.4 Å². The van der Waals surface area contributed by atoms with Gasteiger partial charge in [0.15, 0.2) is 0 Å². The molecule has 2 heterocycles. The van der Waals surface area contributed by atoms with Gasteiger partial charge in [-0.2, -0.15) is 0 Å². The molecule has 2 N–H and O–H groups in total. The SMILES string of the molecule is CC=c1ccc(=Cc2ccc(C)[nH]2)[nH]1. The van der Waals surface area contributed by atoms with E-state index in [0.717, 1.165) is 16.4 Å². The number of nitrogens with one attached hydrogen (secondary N) is 2. The third-order valence-corrected chi connectivity index (χ3v) is 2.21. The van der Waals surface area contributed by atoms with Gasteiger partial charge in [-0.05, 0) is 44.2 Å². The van der Waals surface area contributed by atoms with Crippen LogP contribution in [-0.2, 0) is 0 Å². The molecule has 0 aliphatic heterocycles. The minimum atomic E-state index is 1.12. The monoisotopic (exact) mass is 186 g/mol. The molecule has 0 amide bonds. The molecule has 0 aromatic carbocycles. The molecule has 2 nitrogen and oxygen atoms in total. The van der Waals surface area contributed by atoms with Gasteiger partial charge in [0, 0.05) is 22.1 Å². The Kier molecular flexibility index (Phi) is 2.27. The van der Waals surface area contributed by atoms with Gasteiger partial charge in [-0.15, -0.1) is 0 Å². The fraction of sp³-hybridized carbons (Fsp3) is 0.167. The maximum absolute atomic E-state index is 3.29. The second-order valence-electron chi connectivity index (χ2n) is 3.40. The first-order valence-corrected chi connectivity index (χ1v) is 4.76. The second kappa shape index (κ2) is 3.58. The molecule has 0 saturated carbocycles. The molecule has 0 spiro atoms. The van der Waals surface area contributed by atoms with Crippen LogP contribution in [0.15, 0.2) is 24.3 Å². The summed E-state index contributed by atoms with van der Waals surface area (Å²) in [7, 11) is 0. The first kappa shape index (κ1) is 8.88. The lowest BCUT2D eigenvalue weighted by molar-refractivity contribution is 1.23. The van der Waals surface area contributed by atoms with Crippen molar-refractivity contribution in [1.82, 2.24) is 9.97 Å². The molecule has 0 atom stereocenters. The van der Waals surface area contributed by atoms with Crippen LogP contribution in [0.4, 0.5) is 0 Å². The Morgan fingerprint density at radius 2 is 1.79 bits per heavy atom. The van der Waals surface area contributed by atoms with E-state index in [1.807, 2.05) is 6.92 Å². The third-order valence-electron chi connectivity index (χ3n) is 2.21. The van der Waals surface area contributed by atoms with Crippen LogP contribution in [0, 0.1) is 6.92 Å². The highest BCUT2D eigenvalue weighted by atomic mass is 14.7. The number of aromatic nitrogens is 2. The smallest absolute Gasteiger partial charge is 0.0405 e. The quantitative estimate of drug-likeness (QED) is 0.672. The van der Waals surface area contributed by atoms with E-state index in [-0.39, 0.29) is 0 Å². The zero-order valence-corrected chi connectivity index (χ0v) is 8.46. The highest BCUT2D eigenvalue weighted by Gasteiger charge is 1.89. The molecule has 72 valence electrons. The van der Waals surface area contributed by atoms with E-state index in [2.05, 4.69) is 53.3 Å². The van der Waals surface area contributed by atoms with Gasteiger partial charge in [-0.3, -0.25) is 0 Å². The molecule has 0 unspecified atom stereocenters. The average molecular weight is 186 g/mol. The van der Waals surface area contributed by atoms with E-state index in [1.54, 1.807) is 0 Å². The van der Waals surface area contributed by atoms with E-state index in [4.69, 9.17) is 0 Å². The lowest BCUT2D eigenvalue weighted by Gasteiger charge is -1.84. The lowest BCUT2D eigenvalue weighted by Crippen LogP contribution is -2.08. The Morgan fingerprint density at radius 3 is 2.36 bits per heavy atom. The average Bonchev–Trinajstić information content (AvgIpc) is 2.76. The number of hydrogen-bond acceptors (Lipinski definition) is 0. The summed E-state index contributed by atoms with van der Waals surface area (Å²) in [6.45, 7) is 4.08. The molecule has 0 aliphatic rings. The molecule has 0 fully saturated rings. The van der Waals surface area contributed by atoms with Crippen LogP contribution in [0.3, 0.4) is 0 Å². The van der Waals surface area contributed by atoms with Crippen molar-refractivity contribution < 1.29 is 0 Å². The van der Waals surface area contributed by atoms with Gasteiger partial charge in [-0.1, -0.05) is 6.08 Å². The van der Waals surface area contributed by atoms with Gasteiger partial charge in [0.1, 0.15) is 0 Å². The highest BCUT2D eigenvalue weighted by Crippen LogP contribution is 1.99. The Morgan fingerprint density at radius 1 is 1.00 bits per heavy atom. The molecule has 2 aromatic heterocycles. The third kappa shape index (κ3) is 1.79. The van der Waals surface area contributed by atoms with E-state index in [9.17, 15) is 0 Å². The summed E-state index contributed by atoms with van der Waals surface area (Å²) in [6.07, 6.45) is 4.15. The molecule has 2 aromatic rings. The van der Waals surface area contributed by atoms with Crippen molar-refractivity contribution in [1.29, 1.82) is 0 Å². The zero-order chi connectivity index (χ0) is 9.97. The number of aryl methyl sites for hydroxylation is 1. The summed E-state index contributed by atoms with van der Waals surface area (Å²) in [5.41, 5.74) is 2.32. The number of H-pyrrole nitrogens is 2. The minimum absolute atomic E-state index is 1.12. The Bertz CT molecular complexity index is 529. The van der Waals surface area contributed by atoms with Crippen molar-refractivity contribution in [2.24, 2.45) is 0 Å². The summed E-state index contributed by atoms with van der Waals surface area (Å²) >= 11 is 0. The van der Waals surface area contributed by atoms with Gasteiger partial charge in [-0.25, -0.2) is 0 Å². The molecular weight excluding hydrogens is 172 g/mol. The van der Waals surface area contributed by atoms with Gasteiger partial charge in [0.05, 0.1) is 0 Å². The number of aromatic amines is 2. The van der Waals surface area contributed by atoms with Crippen LogP contribution in [0.5, 0.6) is 0 Å². The Hall–Kier alpha value is -1.70. The predicted octanol–water partition coefficient (Wildman–Crippen LogP) is 1.28. The van der Waals surface area contributed by atoms with Crippen molar-refractivity contribution in [3.63, 3.8) is 0 Å². The zero-order valence-electron chi connectivity index (χ0n) is 8.46. The Labute approximate surface area is 83.0 Å². The summed E-state index contributed by atoms with van der Waals surface area (Å²) in [5, 5.41) is 2.28. The van der Waals surface area contributed by atoms with Crippen LogP contribution < -0.4 is 10.7 Å². The fourth-order valence-electron chi connectivity index (χ4n) is 1.46. The van der Waals surface area contributed by atoms with Crippen LogP contribution in [0.1, 0.15) is 18.3 Å². The summed E-state index contributed by atoms with van der Waals surface area (Å²) in [6, 6.07) is 8.29. The predicted molar refractivity (Wildman–Crippen MR) is 59.3 cm³/mol. The summed E-state index contributed by atoms with van der Waals surface area (Å²) in [4.78, 5) is 6.56. The molecule has 14 heavy (non-hydrogen) atoms. The largest absolute Gasteiger partial charge is 0.359 e. The Balaban J connectivity index is 2.44. The van der Waals surface area contributed by atoms with E-state index in [1.165, 1.54) is 5.69 Å². The van der Waals surface area contributed by atoms with Crippen molar-refractivity contribution in [2.45, 2.75) is 13.8 Å². The standard InChI is InChI=1S/C12H14N2/c1-3-10-6-7-12(14-10)8-11-5-4-9(2)13-11/h3-8,13-14H,1-2H3. The second-order valence-corrected chi connectivity index (χ2v) is 3.40. The van der Waals surface area contributed by atoms with E-state index < -0.39 is 0 Å². The first-order valence-electron chi connectivity index (χ1n) is 4.76. The molecule has 0 aliphatic carbocycles. The van der Waals surface area contributed by atoms with E-state index in [0.29, 0.717) is 0 Å². The maximum atomic E-state index is 3.29. The molecule has 0 radical (unpaired) electrons. The molecule has 2 rings (SSSR count). The van der Waals surface area contributed by atoms with Gasteiger partial charge < -0.3 is 9.97 Å². The van der Waals surface area contributed by atoms with Crippen molar-refractivity contribution in [2.75, 3.05) is 0 Å². The van der Waals surface area contributed by atoms with Crippen LogP contribution in [0.25, 0.3) is 12.2 Å². The first-order chi connectivity index (χ1) is 6.78. The fourth-order valence-corrected chi connectivity index (χ4v) is 1.46. The number of hydrogen-bond donors (Lipinski definition) is 2. The van der Waals surface area contributed by atoms with Gasteiger partial charge in [0.2, 0.25) is 0 Å². The van der Waals surface area contributed by atoms with Gasteiger partial charge in [0.25, 0.3) is 0 Å². The van der Waals surface area contributed by atoms with Gasteiger partial charge >= 0.3 is 0 Å². The molecule has 0 saturated heterocycles.